The third kappa shape index (κ3) is 3.01. The van der Waals surface area contributed by atoms with Crippen LogP contribution in [0.15, 0.2) is 48.8 Å². The summed E-state index contributed by atoms with van der Waals surface area (Å²) in [6.07, 6.45) is 1.82. The lowest BCUT2D eigenvalue weighted by Gasteiger charge is -2.25. The average Bonchev–Trinajstić information content (AvgIpc) is 3.10. The lowest BCUT2D eigenvalue weighted by atomic mass is 9.89. The molecule has 1 aromatic heterocycles. The van der Waals surface area contributed by atoms with Gasteiger partial charge in [-0.2, -0.15) is 0 Å². The van der Waals surface area contributed by atoms with Crippen LogP contribution < -0.4 is 14.8 Å². The molecule has 0 bridgehead atoms. The van der Waals surface area contributed by atoms with Crippen LogP contribution in [0.4, 0.5) is 10.2 Å². The normalized spacial score (nSPS) is 15.8. The Bertz CT molecular complexity index is 1020. The van der Waals surface area contributed by atoms with Gasteiger partial charge in [0.15, 0.2) is 0 Å². The number of rotatable bonds is 4. The number of aromatic nitrogens is 2. The Balaban J connectivity index is 1.85. The number of methoxy groups -OCH3 is 2. The van der Waals surface area contributed by atoms with Crippen molar-refractivity contribution in [3.8, 4) is 17.2 Å². The van der Waals surface area contributed by atoms with E-state index in [1.54, 1.807) is 43.3 Å². The van der Waals surface area contributed by atoms with E-state index in [1.165, 1.54) is 12.1 Å². The lowest BCUT2D eigenvalue weighted by Crippen LogP contribution is -2.25. The number of benzene rings is 2. The first-order chi connectivity index (χ1) is 13.1. The summed E-state index contributed by atoms with van der Waals surface area (Å²) in [5, 5.41) is 2.86. The summed E-state index contributed by atoms with van der Waals surface area (Å²) in [5.41, 5.74) is 2.10. The molecule has 0 unspecified atom stereocenters. The Morgan fingerprint density at radius 3 is 2.78 bits per heavy atom. The highest BCUT2D eigenvalue weighted by atomic mass is 19.1. The van der Waals surface area contributed by atoms with E-state index in [4.69, 9.17) is 9.47 Å². The van der Waals surface area contributed by atoms with Crippen LogP contribution in [-0.2, 0) is 4.79 Å². The first-order valence-corrected chi connectivity index (χ1v) is 8.45. The van der Waals surface area contributed by atoms with E-state index in [9.17, 15) is 9.18 Å². The minimum Gasteiger partial charge on any atom is -0.497 e. The van der Waals surface area contributed by atoms with Gasteiger partial charge >= 0.3 is 0 Å². The smallest absolute Gasteiger partial charge is 0.226 e. The van der Waals surface area contributed by atoms with Crippen LogP contribution in [-0.4, -0.2) is 29.7 Å². The topological polar surface area (TPSA) is 65.4 Å². The number of anilines is 1. The molecular weight excluding hydrogens is 349 g/mol. The maximum Gasteiger partial charge on any atom is 0.226 e. The molecule has 1 aliphatic rings. The minimum absolute atomic E-state index is 0.143. The maximum absolute atomic E-state index is 13.6. The van der Waals surface area contributed by atoms with E-state index in [2.05, 4.69) is 10.3 Å². The lowest BCUT2D eigenvalue weighted by molar-refractivity contribution is -0.116. The Morgan fingerprint density at radius 1 is 1.19 bits per heavy atom. The average molecular weight is 367 g/mol. The molecule has 0 fully saturated rings. The monoisotopic (exact) mass is 367 g/mol. The van der Waals surface area contributed by atoms with Crippen molar-refractivity contribution in [1.82, 2.24) is 9.55 Å². The zero-order valence-electron chi connectivity index (χ0n) is 14.9. The molecule has 1 N–H and O–H groups in total. The molecule has 6 nitrogen and oxygen atoms in total. The van der Waals surface area contributed by atoms with Crippen molar-refractivity contribution >= 4 is 11.7 Å². The van der Waals surface area contributed by atoms with Crippen molar-refractivity contribution < 1.29 is 18.7 Å². The van der Waals surface area contributed by atoms with E-state index < -0.39 is 0 Å². The third-order valence-electron chi connectivity index (χ3n) is 4.67. The number of hydrogen-bond donors (Lipinski definition) is 1. The zero-order chi connectivity index (χ0) is 19.0. The molecule has 1 aliphatic heterocycles. The van der Waals surface area contributed by atoms with Gasteiger partial charge in [-0.3, -0.25) is 9.36 Å². The van der Waals surface area contributed by atoms with Crippen LogP contribution >= 0.6 is 0 Å². The Hall–Kier alpha value is -3.35. The first-order valence-electron chi connectivity index (χ1n) is 8.45. The van der Waals surface area contributed by atoms with Gasteiger partial charge < -0.3 is 14.8 Å². The summed E-state index contributed by atoms with van der Waals surface area (Å²) in [6.45, 7) is 0. The molecule has 0 aliphatic carbocycles. The molecule has 0 spiro atoms. The van der Waals surface area contributed by atoms with E-state index in [0.29, 0.717) is 28.7 Å². The molecule has 1 atom stereocenters. The standard InChI is InChI=1S/C20H18FN3O3/c1-26-14-6-7-17(27-2)15(9-14)16-10-18(25)23-20-19(16)22-11-24(20)13-5-3-4-12(21)8-13/h3-9,11,16H,10H2,1-2H3,(H,23,25)/t16-/m1/s1. The van der Waals surface area contributed by atoms with Crippen LogP contribution in [0.2, 0.25) is 0 Å². The minimum atomic E-state index is -0.358. The first kappa shape index (κ1) is 17.1. The fourth-order valence-electron chi connectivity index (χ4n) is 3.40. The van der Waals surface area contributed by atoms with E-state index in [1.807, 2.05) is 12.1 Å². The van der Waals surface area contributed by atoms with Crippen molar-refractivity contribution in [2.24, 2.45) is 0 Å². The maximum atomic E-state index is 13.6. The summed E-state index contributed by atoms with van der Waals surface area (Å²) in [5.74, 6) is 1.06. The molecule has 1 amide bonds. The molecule has 0 saturated heterocycles. The number of amides is 1. The van der Waals surface area contributed by atoms with Gasteiger partial charge in [0.25, 0.3) is 0 Å². The van der Waals surface area contributed by atoms with Crippen molar-refractivity contribution in [2.75, 3.05) is 19.5 Å². The van der Waals surface area contributed by atoms with Crippen molar-refractivity contribution in [3.63, 3.8) is 0 Å². The van der Waals surface area contributed by atoms with E-state index in [0.717, 1.165) is 5.56 Å². The second kappa shape index (κ2) is 6.75. The highest BCUT2D eigenvalue weighted by Crippen LogP contribution is 2.42. The van der Waals surface area contributed by atoms with Gasteiger partial charge in [-0.05, 0) is 36.4 Å². The summed E-state index contributed by atoms with van der Waals surface area (Å²) >= 11 is 0. The highest BCUT2D eigenvalue weighted by Gasteiger charge is 2.33. The molecule has 0 saturated carbocycles. The predicted molar refractivity (Wildman–Crippen MR) is 98.2 cm³/mol. The number of carbonyl (C=O) groups is 1. The van der Waals surface area contributed by atoms with Gasteiger partial charge in [0.1, 0.15) is 29.5 Å². The quantitative estimate of drug-likeness (QED) is 0.766. The third-order valence-corrected chi connectivity index (χ3v) is 4.67. The van der Waals surface area contributed by atoms with Crippen LogP contribution in [0, 0.1) is 5.82 Å². The molecule has 138 valence electrons. The molecule has 3 aromatic rings. The second-order valence-electron chi connectivity index (χ2n) is 6.24. The molecule has 2 aromatic carbocycles. The number of imidazole rings is 1. The molecule has 27 heavy (non-hydrogen) atoms. The summed E-state index contributed by atoms with van der Waals surface area (Å²) in [7, 11) is 3.17. The number of nitrogens with one attached hydrogen (secondary N) is 1. The van der Waals surface area contributed by atoms with Gasteiger partial charge in [-0.1, -0.05) is 6.07 Å². The van der Waals surface area contributed by atoms with E-state index in [-0.39, 0.29) is 24.1 Å². The Labute approximate surface area is 155 Å². The van der Waals surface area contributed by atoms with Crippen LogP contribution in [0.5, 0.6) is 11.5 Å². The molecular formula is C20H18FN3O3. The van der Waals surface area contributed by atoms with Gasteiger partial charge in [0, 0.05) is 17.9 Å². The summed E-state index contributed by atoms with van der Waals surface area (Å²) < 4.78 is 26.1. The molecule has 7 heteroatoms. The second-order valence-corrected chi connectivity index (χ2v) is 6.24. The predicted octanol–water partition coefficient (Wildman–Crippen LogP) is 3.50. The summed E-state index contributed by atoms with van der Waals surface area (Å²) in [4.78, 5) is 16.9. The van der Waals surface area contributed by atoms with Crippen LogP contribution in [0.25, 0.3) is 5.69 Å². The number of fused-ring (bicyclic) bond motifs is 1. The van der Waals surface area contributed by atoms with E-state index >= 15 is 0 Å². The Morgan fingerprint density at radius 2 is 2.04 bits per heavy atom. The molecule has 0 radical (unpaired) electrons. The fraction of sp³-hybridized carbons (Fsp3) is 0.200. The number of ether oxygens (including phenoxy) is 2. The Kier molecular flexibility index (Phi) is 4.27. The summed E-state index contributed by atoms with van der Waals surface area (Å²) in [6, 6.07) is 11.6. The van der Waals surface area contributed by atoms with Crippen molar-refractivity contribution in [3.05, 3.63) is 65.9 Å². The number of halogens is 1. The van der Waals surface area contributed by atoms with Gasteiger partial charge in [0.2, 0.25) is 5.91 Å². The van der Waals surface area contributed by atoms with Gasteiger partial charge in [-0.15, -0.1) is 0 Å². The zero-order valence-corrected chi connectivity index (χ0v) is 14.9. The van der Waals surface area contributed by atoms with Gasteiger partial charge in [-0.25, -0.2) is 9.37 Å². The fourth-order valence-corrected chi connectivity index (χ4v) is 3.40. The largest absolute Gasteiger partial charge is 0.497 e. The molecule has 4 rings (SSSR count). The number of carbonyl (C=O) groups excluding carboxylic acids is 1. The van der Waals surface area contributed by atoms with Gasteiger partial charge in [0.05, 0.1) is 25.6 Å². The van der Waals surface area contributed by atoms with Crippen LogP contribution in [0.1, 0.15) is 23.6 Å². The number of hydrogen-bond acceptors (Lipinski definition) is 4. The SMILES string of the molecule is COc1ccc(OC)c([C@H]2CC(=O)Nc3c2ncn3-c2cccc(F)c2)c1. The highest BCUT2D eigenvalue weighted by molar-refractivity contribution is 5.94. The van der Waals surface area contributed by atoms with Crippen LogP contribution in [0.3, 0.4) is 0 Å². The number of nitrogens with zero attached hydrogens (tertiary/aromatic N) is 2. The van der Waals surface area contributed by atoms with Crippen molar-refractivity contribution in [1.29, 1.82) is 0 Å². The van der Waals surface area contributed by atoms with Crippen molar-refractivity contribution in [2.45, 2.75) is 12.3 Å². The molecule has 2 heterocycles.